The van der Waals surface area contributed by atoms with E-state index in [0.29, 0.717) is 23.7 Å². The summed E-state index contributed by atoms with van der Waals surface area (Å²) in [5.41, 5.74) is 2.66. The molecule has 1 N–H and O–H groups in total. The Morgan fingerprint density at radius 3 is 2.26 bits per heavy atom. The number of para-hydroxylation sites is 1. The molecule has 0 aliphatic carbocycles. The minimum Gasteiger partial charge on any atom is -0.368 e. The molecule has 9 heteroatoms. The Balaban J connectivity index is 1.44. The first-order chi connectivity index (χ1) is 14.8. The van der Waals surface area contributed by atoms with Crippen molar-refractivity contribution in [1.29, 1.82) is 0 Å². The van der Waals surface area contributed by atoms with Crippen LogP contribution < -0.4 is 9.62 Å². The lowest BCUT2D eigenvalue weighted by atomic mass is 10.2. The molecule has 0 spiro atoms. The summed E-state index contributed by atoms with van der Waals surface area (Å²) in [4.78, 5) is 22.0. The highest BCUT2D eigenvalue weighted by molar-refractivity contribution is 7.93. The fourth-order valence-electron chi connectivity index (χ4n) is 3.48. The number of aromatic nitrogens is 1. The van der Waals surface area contributed by atoms with Gasteiger partial charge in [-0.3, -0.25) is 9.52 Å². The Morgan fingerprint density at radius 2 is 1.61 bits per heavy atom. The van der Waals surface area contributed by atoms with E-state index in [0.717, 1.165) is 35.7 Å². The van der Waals surface area contributed by atoms with Crippen molar-refractivity contribution >= 4 is 38.1 Å². The maximum Gasteiger partial charge on any atom is 0.266 e. The highest BCUT2D eigenvalue weighted by atomic mass is 32.2. The van der Waals surface area contributed by atoms with Crippen LogP contribution in [0.15, 0.2) is 59.5 Å². The number of carbonyl (C=O) groups is 1. The molecule has 7 nitrogen and oxygen atoms in total. The van der Waals surface area contributed by atoms with Crippen molar-refractivity contribution in [3.05, 3.63) is 70.7 Å². The molecule has 0 bridgehead atoms. The third-order valence-electron chi connectivity index (χ3n) is 5.23. The van der Waals surface area contributed by atoms with Crippen LogP contribution in [0.3, 0.4) is 0 Å². The van der Waals surface area contributed by atoms with Crippen LogP contribution in [0.2, 0.25) is 0 Å². The van der Waals surface area contributed by atoms with E-state index in [4.69, 9.17) is 0 Å². The monoisotopic (exact) mass is 456 g/mol. The molecule has 1 aliphatic rings. The third-order valence-corrected chi connectivity index (χ3v) is 7.78. The van der Waals surface area contributed by atoms with Crippen molar-refractivity contribution < 1.29 is 13.2 Å². The van der Waals surface area contributed by atoms with E-state index in [1.165, 1.54) is 0 Å². The molecule has 4 rings (SSSR count). The number of hydrogen-bond acceptors (Lipinski definition) is 6. The molecule has 162 valence electrons. The lowest BCUT2D eigenvalue weighted by Crippen LogP contribution is -2.48. The van der Waals surface area contributed by atoms with Crippen LogP contribution in [0.5, 0.6) is 0 Å². The number of aryl methyl sites for hydroxylation is 2. The van der Waals surface area contributed by atoms with Crippen molar-refractivity contribution in [2.45, 2.75) is 18.7 Å². The van der Waals surface area contributed by atoms with E-state index in [1.54, 1.807) is 36.1 Å². The summed E-state index contributed by atoms with van der Waals surface area (Å²) in [5, 5.41) is 0.198. The highest BCUT2D eigenvalue weighted by Gasteiger charge is 2.26. The molecular weight excluding hydrogens is 432 g/mol. The second-order valence-electron chi connectivity index (χ2n) is 7.47. The molecule has 0 atom stereocenters. The van der Waals surface area contributed by atoms with Crippen LogP contribution in [0.25, 0.3) is 0 Å². The van der Waals surface area contributed by atoms with Gasteiger partial charge in [0.05, 0.1) is 10.6 Å². The van der Waals surface area contributed by atoms with Gasteiger partial charge in [0, 0.05) is 31.9 Å². The number of sulfonamides is 1. The normalized spacial score (nSPS) is 14.5. The molecule has 1 saturated heterocycles. The van der Waals surface area contributed by atoms with Crippen LogP contribution in [0.1, 0.15) is 20.9 Å². The number of anilines is 2. The van der Waals surface area contributed by atoms with Gasteiger partial charge in [-0.25, -0.2) is 13.4 Å². The van der Waals surface area contributed by atoms with E-state index in [9.17, 15) is 13.2 Å². The average Bonchev–Trinajstić information content (AvgIpc) is 3.13. The summed E-state index contributed by atoms with van der Waals surface area (Å²) in [7, 11) is -3.76. The third kappa shape index (κ3) is 4.72. The van der Waals surface area contributed by atoms with Gasteiger partial charge in [-0.05, 0) is 38.1 Å². The largest absolute Gasteiger partial charge is 0.368 e. The Morgan fingerprint density at radius 1 is 0.968 bits per heavy atom. The molecule has 0 unspecified atom stereocenters. The Kier molecular flexibility index (Phi) is 5.97. The van der Waals surface area contributed by atoms with Gasteiger partial charge in [-0.2, -0.15) is 0 Å². The van der Waals surface area contributed by atoms with Crippen molar-refractivity contribution in [3.63, 3.8) is 0 Å². The highest BCUT2D eigenvalue weighted by Crippen LogP contribution is 2.27. The Bertz CT molecular complexity index is 1170. The van der Waals surface area contributed by atoms with Gasteiger partial charge in [-0.15, -0.1) is 0 Å². The van der Waals surface area contributed by atoms with Crippen molar-refractivity contribution in [3.8, 4) is 0 Å². The van der Waals surface area contributed by atoms with Gasteiger partial charge in [-0.1, -0.05) is 47.2 Å². The van der Waals surface area contributed by atoms with E-state index in [1.807, 2.05) is 25.1 Å². The van der Waals surface area contributed by atoms with Crippen LogP contribution in [0.4, 0.5) is 10.8 Å². The van der Waals surface area contributed by atoms with E-state index in [-0.39, 0.29) is 15.9 Å². The SMILES string of the molecule is Cc1ccc(S(=O)(=O)Nc2nc(C)c(C(=O)N3CCN(c4ccccc4)CC3)s2)cc1. The minimum absolute atomic E-state index is 0.108. The molecule has 1 aliphatic heterocycles. The smallest absolute Gasteiger partial charge is 0.266 e. The lowest BCUT2D eigenvalue weighted by molar-refractivity contribution is 0.0750. The van der Waals surface area contributed by atoms with Crippen molar-refractivity contribution in [1.82, 2.24) is 9.88 Å². The number of hydrogen-bond donors (Lipinski definition) is 1. The summed E-state index contributed by atoms with van der Waals surface area (Å²) in [6.45, 7) is 6.34. The predicted molar refractivity (Wildman–Crippen MR) is 123 cm³/mol. The summed E-state index contributed by atoms with van der Waals surface area (Å²) in [6, 6.07) is 16.7. The maximum atomic E-state index is 13.1. The number of nitrogens with one attached hydrogen (secondary N) is 1. The van der Waals surface area contributed by atoms with E-state index >= 15 is 0 Å². The quantitative estimate of drug-likeness (QED) is 0.635. The van der Waals surface area contributed by atoms with Crippen molar-refractivity contribution in [2.75, 3.05) is 35.8 Å². The molecule has 2 heterocycles. The zero-order valence-electron chi connectivity index (χ0n) is 17.4. The minimum atomic E-state index is -3.76. The first-order valence-electron chi connectivity index (χ1n) is 10.00. The van der Waals surface area contributed by atoms with E-state index in [2.05, 4.69) is 26.7 Å². The molecule has 1 amide bonds. The number of benzene rings is 2. The van der Waals surface area contributed by atoms with Crippen LogP contribution in [0, 0.1) is 13.8 Å². The van der Waals surface area contributed by atoms with Gasteiger partial charge in [0.2, 0.25) is 0 Å². The van der Waals surface area contributed by atoms with Crippen LogP contribution in [-0.4, -0.2) is 50.4 Å². The average molecular weight is 457 g/mol. The number of thiazole rings is 1. The Hall–Kier alpha value is -2.91. The second kappa shape index (κ2) is 8.68. The summed E-state index contributed by atoms with van der Waals surface area (Å²) in [6.07, 6.45) is 0. The number of rotatable bonds is 5. The molecule has 31 heavy (non-hydrogen) atoms. The van der Waals surface area contributed by atoms with Gasteiger partial charge in [0.1, 0.15) is 4.88 Å². The predicted octanol–water partition coefficient (Wildman–Crippen LogP) is 3.52. The molecule has 2 aromatic carbocycles. The van der Waals surface area contributed by atoms with Gasteiger partial charge < -0.3 is 9.80 Å². The zero-order chi connectivity index (χ0) is 22.0. The van der Waals surface area contributed by atoms with Gasteiger partial charge in [0.15, 0.2) is 5.13 Å². The van der Waals surface area contributed by atoms with Gasteiger partial charge >= 0.3 is 0 Å². The summed E-state index contributed by atoms with van der Waals surface area (Å²) < 4.78 is 27.8. The Labute approximate surface area is 186 Å². The zero-order valence-corrected chi connectivity index (χ0v) is 19.0. The van der Waals surface area contributed by atoms with E-state index < -0.39 is 10.0 Å². The molecule has 1 aromatic heterocycles. The standard InChI is InChI=1S/C22H24N4O3S2/c1-16-8-10-19(11-9-16)31(28,29)24-22-23-17(2)20(30-22)21(27)26-14-12-25(13-15-26)18-6-4-3-5-7-18/h3-11H,12-15H2,1-2H3,(H,23,24). The molecule has 0 saturated carbocycles. The fraction of sp³-hybridized carbons (Fsp3) is 0.273. The lowest BCUT2D eigenvalue weighted by Gasteiger charge is -2.36. The van der Waals surface area contributed by atoms with Gasteiger partial charge in [0.25, 0.3) is 15.9 Å². The maximum absolute atomic E-state index is 13.1. The topological polar surface area (TPSA) is 82.6 Å². The second-order valence-corrected chi connectivity index (χ2v) is 10.1. The van der Waals surface area contributed by atoms with Crippen LogP contribution in [-0.2, 0) is 10.0 Å². The number of piperazine rings is 1. The molecule has 3 aromatic rings. The van der Waals surface area contributed by atoms with Crippen LogP contribution >= 0.6 is 11.3 Å². The molecule has 1 fully saturated rings. The number of amides is 1. The molecule has 0 radical (unpaired) electrons. The fourth-order valence-corrected chi connectivity index (χ4v) is 5.65. The summed E-state index contributed by atoms with van der Waals surface area (Å²) in [5.74, 6) is -0.108. The number of carbonyl (C=O) groups excluding carboxylic acids is 1. The first kappa shape index (κ1) is 21.3. The first-order valence-corrected chi connectivity index (χ1v) is 12.3. The number of nitrogens with zero attached hydrogens (tertiary/aromatic N) is 3. The summed E-state index contributed by atoms with van der Waals surface area (Å²) >= 11 is 1.08. The molecular formula is C22H24N4O3S2. The van der Waals surface area contributed by atoms with Crippen molar-refractivity contribution in [2.24, 2.45) is 0 Å².